The monoisotopic (exact) mass is 303 g/mol. The van der Waals surface area contributed by atoms with Crippen LogP contribution in [0.15, 0.2) is 42.7 Å². The predicted molar refractivity (Wildman–Crippen MR) is 85.9 cm³/mol. The molecule has 0 saturated carbocycles. The summed E-state index contributed by atoms with van der Waals surface area (Å²) >= 11 is 0. The molecule has 0 spiro atoms. The summed E-state index contributed by atoms with van der Waals surface area (Å²) < 4.78 is 26.9. The molecule has 0 aliphatic heterocycles. The molecule has 22 heavy (non-hydrogen) atoms. The van der Waals surface area contributed by atoms with Crippen LogP contribution < -0.4 is 0 Å². The lowest BCUT2D eigenvalue weighted by atomic mass is 9.73. The van der Waals surface area contributed by atoms with E-state index < -0.39 is 11.6 Å². The molecule has 3 heteroatoms. The smallest absolute Gasteiger partial charge is 0.126 e. The first-order valence-electron chi connectivity index (χ1n) is 7.58. The summed E-state index contributed by atoms with van der Waals surface area (Å²) in [6.07, 6.45) is 5.38. The van der Waals surface area contributed by atoms with Crippen molar-refractivity contribution < 1.29 is 8.78 Å². The van der Waals surface area contributed by atoms with Crippen LogP contribution in [0, 0.1) is 11.6 Å². The van der Waals surface area contributed by atoms with Gasteiger partial charge in [-0.3, -0.25) is 4.98 Å². The third-order valence-electron chi connectivity index (χ3n) is 4.46. The van der Waals surface area contributed by atoms with Crippen LogP contribution in [0.25, 0.3) is 0 Å². The predicted octanol–water partition coefficient (Wildman–Crippen LogP) is 5.40. The zero-order valence-electron chi connectivity index (χ0n) is 13.7. The first kappa shape index (κ1) is 16.6. The van der Waals surface area contributed by atoms with Gasteiger partial charge in [0.25, 0.3) is 0 Å². The number of aromatic nitrogens is 1. The zero-order chi connectivity index (χ0) is 16.4. The van der Waals surface area contributed by atoms with Crippen LogP contribution in [0.5, 0.6) is 0 Å². The molecule has 0 bridgehead atoms. The lowest BCUT2D eigenvalue weighted by molar-refractivity contribution is 0.372. The number of halogens is 2. The van der Waals surface area contributed by atoms with Crippen LogP contribution in [0.4, 0.5) is 8.78 Å². The molecular weight excluding hydrogens is 280 g/mol. The zero-order valence-corrected chi connectivity index (χ0v) is 13.7. The molecule has 1 aromatic heterocycles. The van der Waals surface area contributed by atoms with Crippen molar-refractivity contribution in [1.29, 1.82) is 0 Å². The second-order valence-corrected chi connectivity index (χ2v) is 7.17. The lowest BCUT2D eigenvalue weighted by Gasteiger charge is -2.32. The topological polar surface area (TPSA) is 12.9 Å². The van der Waals surface area contributed by atoms with Gasteiger partial charge in [0, 0.05) is 18.5 Å². The molecule has 1 heterocycles. The lowest BCUT2D eigenvalue weighted by Crippen LogP contribution is -2.24. The molecule has 0 aliphatic carbocycles. The molecule has 0 fully saturated rings. The summed E-state index contributed by atoms with van der Waals surface area (Å²) in [6.45, 7) is 8.40. The average molecular weight is 303 g/mol. The van der Waals surface area contributed by atoms with Gasteiger partial charge in [-0.2, -0.15) is 0 Å². The van der Waals surface area contributed by atoms with E-state index in [-0.39, 0.29) is 10.8 Å². The Morgan fingerprint density at radius 2 is 1.41 bits per heavy atom. The minimum absolute atomic E-state index is 0.0304. The molecule has 118 valence electrons. The van der Waals surface area contributed by atoms with Crippen LogP contribution in [-0.4, -0.2) is 4.98 Å². The van der Waals surface area contributed by atoms with E-state index in [4.69, 9.17) is 0 Å². The summed E-state index contributed by atoms with van der Waals surface area (Å²) in [5.41, 5.74) is 1.56. The van der Waals surface area contributed by atoms with Gasteiger partial charge >= 0.3 is 0 Å². The van der Waals surface area contributed by atoms with Crippen LogP contribution >= 0.6 is 0 Å². The second kappa shape index (κ2) is 6.15. The molecule has 0 saturated heterocycles. The molecule has 0 atom stereocenters. The normalized spacial score (nSPS) is 12.5. The number of benzene rings is 1. The van der Waals surface area contributed by atoms with Gasteiger partial charge in [-0.15, -0.1) is 0 Å². The van der Waals surface area contributed by atoms with E-state index in [0.717, 1.165) is 18.9 Å². The summed E-state index contributed by atoms with van der Waals surface area (Å²) in [6, 6.07) is 7.78. The highest BCUT2D eigenvalue weighted by Gasteiger charge is 2.27. The van der Waals surface area contributed by atoms with E-state index in [1.165, 1.54) is 17.7 Å². The fourth-order valence-electron chi connectivity index (χ4n) is 2.62. The van der Waals surface area contributed by atoms with Crippen molar-refractivity contribution in [3.8, 4) is 0 Å². The van der Waals surface area contributed by atoms with Crippen LogP contribution in [-0.2, 0) is 10.8 Å². The van der Waals surface area contributed by atoms with Crippen molar-refractivity contribution in [3.05, 3.63) is 65.5 Å². The SMILES string of the molecule is CC(C)(CCC(C)(C)c1cc(F)cc(F)c1)c1cccnc1. The Hall–Kier alpha value is -1.77. The maximum atomic E-state index is 13.4. The number of hydrogen-bond donors (Lipinski definition) is 0. The van der Waals surface area contributed by atoms with Gasteiger partial charge in [-0.1, -0.05) is 33.8 Å². The van der Waals surface area contributed by atoms with E-state index in [2.05, 4.69) is 24.9 Å². The Labute approximate surface area is 131 Å². The van der Waals surface area contributed by atoms with Gasteiger partial charge < -0.3 is 0 Å². The van der Waals surface area contributed by atoms with Gasteiger partial charge in [0.1, 0.15) is 11.6 Å². The fourth-order valence-corrected chi connectivity index (χ4v) is 2.62. The number of nitrogens with zero attached hydrogens (tertiary/aromatic N) is 1. The highest BCUT2D eigenvalue weighted by atomic mass is 19.1. The highest BCUT2D eigenvalue weighted by Crippen LogP contribution is 2.36. The first-order valence-corrected chi connectivity index (χ1v) is 7.58. The van der Waals surface area contributed by atoms with Crippen molar-refractivity contribution in [2.45, 2.75) is 51.4 Å². The average Bonchev–Trinajstić information content (AvgIpc) is 2.45. The van der Waals surface area contributed by atoms with Crippen molar-refractivity contribution in [1.82, 2.24) is 4.98 Å². The minimum atomic E-state index is -0.519. The molecule has 2 rings (SSSR count). The van der Waals surface area contributed by atoms with Crippen molar-refractivity contribution in [2.24, 2.45) is 0 Å². The largest absolute Gasteiger partial charge is 0.264 e. The van der Waals surface area contributed by atoms with Crippen LogP contribution in [0.1, 0.15) is 51.7 Å². The molecule has 0 aliphatic rings. The fraction of sp³-hybridized carbons (Fsp3) is 0.421. The summed E-state index contributed by atoms with van der Waals surface area (Å²) in [4.78, 5) is 4.18. The van der Waals surface area contributed by atoms with E-state index in [9.17, 15) is 8.78 Å². The standard InChI is InChI=1S/C19H23F2N/c1-18(2,14-6-5-9-22-13-14)7-8-19(3,4)15-10-16(20)12-17(21)11-15/h5-6,9-13H,7-8H2,1-4H3. The summed E-state index contributed by atoms with van der Waals surface area (Å²) in [7, 11) is 0. The van der Waals surface area contributed by atoms with Gasteiger partial charge in [0.2, 0.25) is 0 Å². The van der Waals surface area contributed by atoms with E-state index in [1.807, 2.05) is 26.1 Å². The molecule has 1 aromatic carbocycles. The number of rotatable bonds is 5. The molecule has 2 aromatic rings. The number of pyridine rings is 1. The first-order chi connectivity index (χ1) is 10.2. The molecular formula is C19H23F2N. The highest BCUT2D eigenvalue weighted by molar-refractivity contribution is 5.26. The number of hydrogen-bond acceptors (Lipinski definition) is 1. The Morgan fingerprint density at radius 1 is 0.864 bits per heavy atom. The van der Waals surface area contributed by atoms with Gasteiger partial charge in [0.05, 0.1) is 0 Å². The molecule has 0 unspecified atom stereocenters. The molecule has 1 nitrogen and oxygen atoms in total. The molecule has 0 radical (unpaired) electrons. The molecule has 0 amide bonds. The second-order valence-electron chi connectivity index (χ2n) is 7.17. The molecule has 0 N–H and O–H groups in total. The van der Waals surface area contributed by atoms with Gasteiger partial charge in [-0.05, 0) is 53.0 Å². The van der Waals surface area contributed by atoms with Crippen molar-refractivity contribution >= 4 is 0 Å². The quantitative estimate of drug-likeness (QED) is 0.721. The van der Waals surface area contributed by atoms with Crippen LogP contribution in [0.3, 0.4) is 0 Å². The Kier molecular flexibility index (Phi) is 4.64. The van der Waals surface area contributed by atoms with Crippen molar-refractivity contribution in [2.75, 3.05) is 0 Å². The Morgan fingerprint density at radius 3 is 1.91 bits per heavy atom. The van der Waals surface area contributed by atoms with Gasteiger partial charge in [-0.25, -0.2) is 8.78 Å². The maximum absolute atomic E-state index is 13.4. The Bertz CT molecular complexity index is 613. The minimum Gasteiger partial charge on any atom is -0.264 e. The van der Waals surface area contributed by atoms with Crippen molar-refractivity contribution in [3.63, 3.8) is 0 Å². The van der Waals surface area contributed by atoms with E-state index in [1.54, 1.807) is 6.20 Å². The summed E-state index contributed by atoms with van der Waals surface area (Å²) in [5, 5.41) is 0. The summed E-state index contributed by atoms with van der Waals surface area (Å²) in [5.74, 6) is -1.04. The van der Waals surface area contributed by atoms with Crippen LogP contribution in [0.2, 0.25) is 0 Å². The van der Waals surface area contributed by atoms with E-state index >= 15 is 0 Å². The Balaban J connectivity index is 2.15. The third kappa shape index (κ3) is 3.90. The maximum Gasteiger partial charge on any atom is 0.126 e. The van der Waals surface area contributed by atoms with Gasteiger partial charge in [0.15, 0.2) is 0 Å². The van der Waals surface area contributed by atoms with E-state index in [0.29, 0.717) is 5.56 Å². The third-order valence-corrected chi connectivity index (χ3v) is 4.46.